The Morgan fingerprint density at radius 2 is 2.08 bits per heavy atom. The second-order valence-electron chi connectivity index (χ2n) is 3.54. The first-order valence-corrected chi connectivity index (χ1v) is 4.18. The highest BCUT2D eigenvalue weighted by Crippen LogP contribution is 2.05. The van der Waals surface area contributed by atoms with Crippen molar-refractivity contribution in [1.29, 1.82) is 0 Å². The van der Waals surface area contributed by atoms with E-state index in [4.69, 9.17) is 9.84 Å². The van der Waals surface area contributed by atoms with Crippen LogP contribution in [0.5, 0.6) is 0 Å². The predicted octanol–water partition coefficient (Wildman–Crippen LogP) is 1.06. The minimum Gasteiger partial charge on any atom is -0.444 e. The van der Waals surface area contributed by atoms with E-state index in [1.165, 1.54) is 0 Å². The quantitative estimate of drug-likeness (QED) is 0.649. The van der Waals surface area contributed by atoms with Crippen molar-refractivity contribution in [2.45, 2.75) is 26.4 Å². The Hall–Kier alpha value is -1.03. The average Bonchev–Trinajstić information content (AvgIpc) is 1.94. The van der Waals surface area contributed by atoms with E-state index in [-0.39, 0.29) is 6.61 Å². The molecule has 2 N–H and O–H groups in total. The maximum Gasteiger partial charge on any atom is 0.407 e. The number of rotatable bonds is 3. The van der Waals surface area contributed by atoms with Crippen LogP contribution >= 0.6 is 0 Å². The van der Waals surface area contributed by atoms with Gasteiger partial charge in [0.2, 0.25) is 0 Å². The molecule has 0 saturated carbocycles. The Balaban J connectivity index is 3.58. The number of alkyl carbamates (subject to hydrolysis) is 1. The van der Waals surface area contributed by atoms with Crippen LogP contribution in [0.25, 0.3) is 0 Å². The number of ether oxygens (including phenoxy) is 1. The molecule has 0 spiro atoms. The van der Waals surface area contributed by atoms with E-state index in [0.29, 0.717) is 6.54 Å². The number of hydrogen-bond acceptors (Lipinski definition) is 3. The lowest BCUT2D eigenvalue weighted by Crippen LogP contribution is -2.32. The lowest BCUT2D eigenvalue weighted by atomic mass is 10.2. The number of nitrogens with one attached hydrogen (secondary N) is 1. The summed E-state index contributed by atoms with van der Waals surface area (Å²) in [6.07, 6.45) is 2.76. The van der Waals surface area contributed by atoms with Crippen molar-refractivity contribution < 1.29 is 14.6 Å². The third kappa shape index (κ3) is 8.88. The van der Waals surface area contributed by atoms with Gasteiger partial charge in [0.15, 0.2) is 0 Å². The Morgan fingerprint density at radius 1 is 1.46 bits per heavy atom. The molecule has 13 heavy (non-hydrogen) atoms. The van der Waals surface area contributed by atoms with Crippen LogP contribution in [0, 0.1) is 0 Å². The highest BCUT2D eigenvalue weighted by molar-refractivity contribution is 5.67. The SMILES string of the molecule is CC(C)(C)OC(=O)NC/C=C\CO. The normalized spacial score (nSPS) is 11.7. The molecule has 1 amide bonds. The largest absolute Gasteiger partial charge is 0.444 e. The van der Waals surface area contributed by atoms with Gasteiger partial charge < -0.3 is 15.2 Å². The van der Waals surface area contributed by atoms with Crippen molar-refractivity contribution in [2.24, 2.45) is 0 Å². The molecule has 0 heterocycles. The summed E-state index contributed by atoms with van der Waals surface area (Å²) >= 11 is 0. The van der Waals surface area contributed by atoms with Gasteiger partial charge in [-0.05, 0) is 20.8 Å². The van der Waals surface area contributed by atoms with Gasteiger partial charge in [0.05, 0.1) is 6.61 Å². The van der Waals surface area contributed by atoms with Crippen LogP contribution < -0.4 is 5.32 Å². The summed E-state index contributed by atoms with van der Waals surface area (Å²) in [5, 5.41) is 10.9. The summed E-state index contributed by atoms with van der Waals surface area (Å²) in [5.74, 6) is 0. The molecule has 0 atom stereocenters. The van der Waals surface area contributed by atoms with Crippen molar-refractivity contribution in [2.75, 3.05) is 13.2 Å². The molecule has 0 fully saturated rings. The minimum absolute atomic E-state index is 0.0179. The van der Waals surface area contributed by atoms with Crippen molar-refractivity contribution in [1.82, 2.24) is 5.32 Å². The number of aliphatic hydroxyl groups excluding tert-OH is 1. The van der Waals surface area contributed by atoms with Crippen molar-refractivity contribution >= 4 is 6.09 Å². The molecule has 0 aromatic carbocycles. The topological polar surface area (TPSA) is 58.6 Å². The van der Waals surface area contributed by atoms with Crippen molar-refractivity contribution in [3.05, 3.63) is 12.2 Å². The Morgan fingerprint density at radius 3 is 2.54 bits per heavy atom. The third-order valence-electron chi connectivity index (χ3n) is 1.04. The number of hydrogen-bond donors (Lipinski definition) is 2. The molecular formula is C9H17NO3. The van der Waals surface area contributed by atoms with Gasteiger partial charge in [0.25, 0.3) is 0 Å². The molecule has 0 aromatic rings. The standard InChI is InChI=1S/C9H17NO3/c1-9(2,3)13-8(12)10-6-4-5-7-11/h4-5,11H,6-7H2,1-3H3,(H,10,12)/b5-4-. The zero-order valence-electron chi connectivity index (χ0n) is 8.33. The first-order chi connectivity index (χ1) is 5.95. The van der Waals surface area contributed by atoms with Crippen molar-refractivity contribution in [3.8, 4) is 0 Å². The monoisotopic (exact) mass is 187 g/mol. The summed E-state index contributed by atoms with van der Waals surface area (Å²) in [6, 6.07) is 0. The van der Waals surface area contributed by atoms with Crippen LogP contribution in [0.15, 0.2) is 12.2 Å². The fourth-order valence-corrected chi connectivity index (χ4v) is 0.614. The van der Waals surface area contributed by atoms with Gasteiger partial charge in [-0.25, -0.2) is 4.79 Å². The molecule has 0 saturated heterocycles. The Labute approximate surface area is 78.6 Å². The van der Waals surface area contributed by atoms with Crippen LogP contribution in [-0.2, 0) is 4.74 Å². The van der Waals surface area contributed by atoms with Crippen LogP contribution in [0.4, 0.5) is 4.79 Å². The lowest BCUT2D eigenvalue weighted by Gasteiger charge is -2.19. The molecular weight excluding hydrogens is 170 g/mol. The molecule has 76 valence electrons. The van der Waals surface area contributed by atoms with Gasteiger partial charge in [-0.15, -0.1) is 0 Å². The van der Waals surface area contributed by atoms with Gasteiger partial charge in [-0.3, -0.25) is 0 Å². The van der Waals surface area contributed by atoms with E-state index in [0.717, 1.165) is 0 Å². The van der Waals surface area contributed by atoms with Gasteiger partial charge in [-0.1, -0.05) is 12.2 Å². The van der Waals surface area contributed by atoms with E-state index < -0.39 is 11.7 Å². The van der Waals surface area contributed by atoms with Gasteiger partial charge in [0.1, 0.15) is 5.60 Å². The Kier molecular flexibility index (Phi) is 5.14. The summed E-state index contributed by atoms with van der Waals surface area (Å²) in [6.45, 7) is 5.76. The molecule has 0 aliphatic rings. The molecule has 4 heteroatoms. The fraction of sp³-hybridized carbons (Fsp3) is 0.667. The predicted molar refractivity (Wildman–Crippen MR) is 50.5 cm³/mol. The fourth-order valence-electron chi connectivity index (χ4n) is 0.614. The zero-order chi connectivity index (χ0) is 10.3. The van der Waals surface area contributed by atoms with E-state index in [1.807, 2.05) is 0 Å². The maximum absolute atomic E-state index is 11.0. The second kappa shape index (κ2) is 5.59. The van der Waals surface area contributed by atoms with E-state index in [9.17, 15) is 4.79 Å². The van der Waals surface area contributed by atoms with Gasteiger partial charge in [-0.2, -0.15) is 0 Å². The molecule has 0 radical (unpaired) electrons. The highest BCUT2D eigenvalue weighted by Gasteiger charge is 2.14. The second-order valence-corrected chi connectivity index (χ2v) is 3.54. The van der Waals surface area contributed by atoms with Crippen LogP contribution in [-0.4, -0.2) is 30.0 Å². The van der Waals surface area contributed by atoms with Gasteiger partial charge in [0, 0.05) is 6.54 Å². The summed E-state index contributed by atoms with van der Waals surface area (Å²) in [4.78, 5) is 11.0. The summed E-state index contributed by atoms with van der Waals surface area (Å²) in [5.41, 5.74) is -0.467. The summed E-state index contributed by atoms with van der Waals surface area (Å²) < 4.78 is 4.97. The molecule has 4 nitrogen and oxygen atoms in total. The first kappa shape index (κ1) is 12.0. The first-order valence-electron chi connectivity index (χ1n) is 4.18. The van der Waals surface area contributed by atoms with Gasteiger partial charge >= 0.3 is 6.09 Å². The van der Waals surface area contributed by atoms with E-state index >= 15 is 0 Å². The molecule has 0 rings (SSSR count). The highest BCUT2D eigenvalue weighted by atomic mass is 16.6. The van der Waals surface area contributed by atoms with Crippen LogP contribution in [0.2, 0.25) is 0 Å². The smallest absolute Gasteiger partial charge is 0.407 e. The molecule has 0 unspecified atom stereocenters. The molecule has 0 bridgehead atoms. The lowest BCUT2D eigenvalue weighted by molar-refractivity contribution is 0.0534. The van der Waals surface area contributed by atoms with Crippen LogP contribution in [0.1, 0.15) is 20.8 Å². The Bertz CT molecular complexity index is 182. The average molecular weight is 187 g/mol. The zero-order valence-corrected chi connectivity index (χ0v) is 8.33. The van der Waals surface area contributed by atoms with E-state index in [2.05, 4.69) is 5.32 Å². The summed E-state index contributed by atoms with van der Waals surface area (Å²) in [7, 11) is 0. The molecule has 0 aliphatic carbocycles. The van der Waals surface area contributed by atoms with E-state index in [1.54, 1.807) is 32.9 Å². The third-order valence-corrected chi connectivity index (χ3v) is 1.04. The number of carbonyl (C=O) groups is 1. The van der Waals surface area contributed by atoms with Crippen LogP contribution in [0.3, 0.4) is 0 Å². The number of aliphatic hydroxyl groups is 1. The maximum atomic E-state index is 11.0. The van der Waals surface area contributed by atoms with Crippen molar-refractivity contribution in [3.63, 3.8) is 0 Å². The number of carbonyl (C=O) groups excluding carboxylic acids is 1. The minimum atomic E-state index is -0.467. The molecule has 0 aromatic heterocycles. The number of amides is 1. The molecule has 0 aliphatic heterocycles.